The molecule has 0 aliphatic rings. The first-order chi connectivity index (χ1) is 9.15. The van der Waals surface area contributed by atoms with Crippen LogP contribution < -0.4 is 5.32 Å². The van der Waals surface area contributed by atoms with Crippen LogP contribution in [0.4, 0.5) is 0 Å². The van der Waals surface area contributed by atoms with Gasteiger partial charge in [-0.25, -0.2) is 0 Å². The fourth-order valence-corrected chi connectivity index (χ4v) is 2.42. The number of hydrogen-bond donors (Lipinski definition) is 1. The van der Waals surface area contributed by atoms with Crippen LogP contribution in [0.5, 0.6) is 0 Å². The van der Waals surface area contributed by atoms with Gasteiger partial charge in [0.15, 0.2) is 0 Å². The molecular formula is C16H20BrNO. The summed E-state index contributed by atoms with van der Waals surface area (Å²) in [5.41, 5.74) is 2.47. The van der Waals surface area contributed by atoms with E-state index in [-0.39, 0.29) is 6.04 Å². The molecule has 0 spiro atoms. The number of benzene rings is 1. The van der Waals surface area contributed by atoms with E-state index in [2.05, 4.69) is 72.3 Å². The van der Waals surface area contributed by atoms with Crippen LogP contribution in [0.2, 0.25) is 0 Å². The molecule has 0 aliphatic carbocycles. The van der Waals surface area contributed by atoms with Gasteiger partial charge in [0.05, 0.1) is 6.04 Å². The normalized spacial score (nSPS) is 12.6. The van der Waals surface area contributed by atoms with Crippen molar-refractivity contribution < 1.29 is 4.42 Å². The van der Waals surface area contributed by atoms with Gasteiger partial charge >= 0.3 is 0 Å². The van der Waals surface area contributed by atoms with Gasteiger partial charge in [-0.05, 0) is 42.8 Å². The maximum Gasteiger partial charge on any atom is 0.125 e. The van der Waals surface area contributed by atoms with E-state index in [0.717, 1.165) is 29.0 Å². The second-order valence-corrected chi connectivity index (χ2v) is 5.51. The molecule has 1 aromatic carbocycles. The number of furan rings is 1. The zero-order chi connectivity index (χ0) is 13.8. The van der Waals surface area contributed by atoms with Crippen LogP contribution in [-0.4, -0.2) is 6.54 Å². The van der Waals surface area contributed by atoms with Gasteiger partial charge in [0, 0.05) is 10.9 Å². The molecule has 1 aromatic heterocycles. The maximum atomic E-state index is 5.90. The summed E-state index contributed by atoms with van der Waals surface area (Å²) in [6.45, 7) is 7.23. The first kappa shape index (κ1) is 14.4. The van der Waals surface area contributed by atoms with E-state index in [1.165, 1.54) is 11.1 Å². The number of hydrogen-bond acceptors (Lipinski definition) is 2. The van der Waals surface area contributed by atoms with E-state index >= 15 is 0 Å². The van der Waals surface area contributed by atoms with Crippen molar-refractivity contribution in [3.63, 3.8) is 0 Å². The maximum absolute atomic E-state index is 5.90. The van der Waals surface area contributed by atoms with Crippen LogP contribution in [-0.2, 0) is 6.42 Å². The van der Waals surface area contributed by atoms with Gasteiger partial charge in [0.1, 0.15) is 11.5 Å². The Hall–Kier alpha value is -1.06. The van der Waals surface area contributed by atoms with Crippen molar-refractivity contribution in [2.45, 2.75) is 33.2 Å². The first-order valence-electron chi connectivity index (χ1n) is 6.73. The Morgan fingerprint density at radius 1 is 1.21 bits per heavy atom. The van der Waals surface area contributed by atoms with Crippen molar-refractivity contribution in [1.29, 1.82) is 0 Å². The lowest BCUT2D eigenvalue weighted by Crippen LogP contribution is -2.21. The molecule has 0 saturated carbocycles. The van der Waals surface area contributed by atoms with Crippen LogP contribution in [0.3, 0.4) is 0 Å². The lowest BCUT2D eigenvalue weighted by molar-refractivity contribution is 0.426. The predicted octanol–water partition coefficient (Wildman–Crippen LogP) is 4.61. The second-order valence-electron chi connectivity index (χ2n) is 4.66. The highest BCUT2D eigenvalue weighted by atomic mass is 79.9. The Labute approximate surface area is 123 Å². The smallest absolute Gasteiger partial charge is 0.125 e. The van der Waals surface area contributed by atoms with Crippen LogP contribution >= 0.6 is 15.9 Å². The Morgan fingerprint density at radius 3 is 2.58 bits per heavy atom. The fraction of sp³-hybridized carbons (Fsp3) is 0.375. The minimum Gasteiger partial charge on any atom is -0.464 e. The third kappa shape index (κ3) is 3.28. The summed E-state index contributed by atoms with van der Waals surface area (Å²) >= 11 is 3.55. The molecule has 0 amide bonds. The topological polar surface area (TPSA) is 25.2 Å². The minimum absolute atomic E-state index is 0.122. The van der Waals surface area contributed by atoms with Crippen LogP contribution in [0.25, 0.3) is 0 Å². The molecule has 1 atom stereocenters. The summed E-state index contributed by atoms with van der Waals surface area (Å²) < 4.78 is 7.04. The molecule has 0 radical (unpaired) electrons. The monoisotopic (exact) mass is 321 g/mol. The summed E-state index contributed by atoms with van der Waals surface area (Å²) in [4.78, 5) is 0. The summed E-state index contributed by atoms with van der Waals surface area (Å²) in [6.07, 6.45) is 0.929. The Balaban J connectivity index is 2.35. The van der Waals surface area contributed by atoms with Crippen molar-refractivity contribution in [1.82, 2.24) is 5.32 Å². The molecule has 1 heterocycles. The van der Waals surface area contributed by atoms with Crippen molar-refractivity contribution in [2.75, 3.05) is 6.54 Å². The molecule has 0 bridgehead atoms. The minimum atomic E-state index is 0.122. The second kappa shape index (κ2) is 6.40. The molecule has 2 aromatic rings. The van der Waals surface area contributed by atoms with Crippen LogP contribution in [0.15, 0.2) is 39.2 Å². The van der Waals surface area contributed by atoms with Crippen molar-refractivity contribution in [2.24, 2.45) is 0 Å². The van der Waals surface area contributed by atoms with Crippen LogP contribution in [0.1, 0.15) is 42.5 Å². The molecule has 0 fully saturated rings. The van der Waals surface area contributed by atoms with E-state index in [0.29, 0.717) is 0 Å². The van der Waals surface area contributed by atoms with Gasteiger partial charge < -0.3 is 9.73 Å². The zero-order valence-electron chi connectivity index (χ0n) is 11.7. The van der Waals surface area contributed by atoms with Gasteiger partial charge in [-0.2, -0.15) is 0 Å². The number of halogens is 1. The van der Waals surface area contributed by atoms with Crippen molar-refractivity contribution in [3.8, 4) is 0 Å². The lowest BCUT2D eigenvalue weighted by Gasteiger charge is -2.17. The van der Waals surface area contributed by atoms with E-state index in [4.69, 9.17) is 4.42 Å². The first-order valence-corrected chi connectivity index (χ1v) is 7.53. The molecule has 2 rings (SSSR count). The largest absolute Gasteiger partial charge is 0.464 e. The van der Waals surface area contributed by atoms with Gasteiger partial charge in [-0.15, -0.1) is 0 Å². The molecule has 1 N–H and O–H groups in total. The molecule has 1 unspecified atom stereocenters. The van der Waals surface area contributed by atoms with E-state index in [1.54, 1.807) is 0 Å². The van der Waals surface area contributed by atoms with E-state index < -0.39 is 0 Å². The predicted molar refractivity (Wildman–Crippen MR) is 82.5 cm³/mol. The molecule has 0 saturated heterocycles. The SMILES string of the molecule is CCNC(c1ccc(Br)c(C)c1)c1ccc(CC)o1. The third-order valence-electron chi connectivity index (χ3n) is 3.24. The average Bonchev–Trinajstić information content (AvgIpc) is 2.88. The van der Waals surface area contributed by atoms with Gasteiger partial charge in [-0.3, -0.25) is 0 Å². The zero-order valence-corrected chi connectivity index (χ0v) is 13.3. The standard InChI is InChI=1S/C16H20BrNO/c1-4-13-7-9-15(19-13)16(18-5-2)12-6-8-14(17)11(3)10-12/h6-10,16,18H,4-5H2,1-3H3. The Bertz CT molecular complexity index is 547. The highest BCUT2D eigenvalue weighted by Gasteiger charge is 2.17. The van der Waals surface area contributed by atoms with Crippen LogP contribution in [0, 0.1) is 6.92 Å². The summed E-state index contributed by atoms with van der Waals surface area (Å²) in [5, 5.41) is 3.49. The number of aryl methyl sites for hydroxylation is 2. The molecular weight excluding hydrogens is 302 g/mol. The van der Waals surface area contributed by atoms with Gasteiger partial charge in [0.2, 0.25) is 0 Å². The fourth-order valence-electron chi connectivity index (χ4n) is 2.17. The summed E-state index contributed by atoms with van der Waals surface area (Å²) in [5.74, 6) is 2.02. The van der Waals surface area contributed by atoms with Crippen molar-refractivity contribution >= 4 is 15.9 Å². The quantitative estimate of drug-likeness (QED) is 0.869. The molecule has 102 valence electrons. The molecule has 0 aliphatic heterocycles. The average molecular weight is 322 g/mol. The lowest BCUT2D eigenvalue weighted by atomic mass is 10.0. The van der Waals surface area contributed by atoms with E-state index in [9.17, 15) is 0 Å². The van der Waals surface area contributed by atoms with Gasteiger partial charge in [-0.1, -0.05) is 41.9 Å². The third-order valence-corrected chi connectivity index (χ3v) is 4.13. The van der Waals surface area contributed by atoms with E-state index in [1.807, 2.05) is 0 Å². The molecule has 19 heavy (non-hydrogen) atoms. The highest BCUT2D eigenvalue weighted by Crippen LogP contribution is 2.27. The van der Waals surface area contributed by atoms with Gasteiger partial charge in [0.25, 0.3) is 0 Å². The number of rotatable bonds is 5. The Morgan fingerprint density at radius 2 is 2.00 bits per heavy atom. The molecule has 3 heteroatoms. The summed E-state index contributed by atoms with van der Waals surface area (Å²) in [6, 6.07) is 10.7. The van der Waals surface area contributed by atoms with Crippen molar-refractivity contribution in [3.05, 3.63) is 57.5 Å². The highest BCUT2D eigenvalue weighted by molar-refractivity contribution is 9.10. The Kier molecular flexibility index (Phi) is 4.83. The number of nitrogens with one attached hydrogen (secondary N) is 1. The molecule has 2 nitrogen and oxygen atoms in total. The summed E-state index contributed by atoms with van der Waals surface area (Å²) in [7, 11) is 0.